The number of pyridine rings is 1. The van der Waals surface area contributed by atoms with Crippen molar-refractivity contribution in [2.75, 3.05) is 11.9 Å². The number of aromatic nitrogens is 1. The molecule has 5 heteroatoms. The summed E-state index contributed by atoms with van der Waals surface area (Å²) in [5.41, 5.74) is 1.92. The van der Waals surface area contributed by atoms with Gasteiger partial charge in [0, 0.05) is 31.0 Å². The Morgan fingerprint density at radius 3 is 2.65 bits per heavy atom. The van der Waals surface area contributed by atoms with Crippen LogP contribution in [-0.4, -0.2) is 35.0 Å². The predicted octanol–water partition coefficient (Wildman–Crippen LogP) is 3.41. The van der Waals surface area contributed by atoms with Gasteiger partial charge in [0.2, 0.25) is 0 Å². The van der Waals surface area contributed by atoms with Crippen molar-refractivity contribution in [3.63, 3.8) is 0 Å². The van der Waals surface area contributed by atoms with Crippen molar-refractivity contribution >= 4 is 11.7 Å². The molecule has 0 N–H and O–H groups in total. The van der Waals surface area contributed by atoms with E-state index >= 15 is 0 Å². The van der Waals surface area contributed by atoms with Crippen LogP contribution in [0.15, 0.2) is 48.8 Å². The third kappa shape index (κ3) is 2.19. The molecule has 0 spiro atoms. The van der Waals surface area contributed by atoms with Gasteiger partial charge in [-0.2, -0.15) is 0 Å². The van der Waals surface area contributed by atoms with E-state index < -0.39 is 0 Å². The van der Waals surface area contributed by atoms with E-state index in [1.807, 2.05) is 29.1 Å². The molecular formula is C18H18FN3O. The average Bonchev–Trinajstić information content (AvgIpc) is 3.10. The van der Waals surface area contributed by atoms with Crippen molar-refractivity contribution in [2.45, 2.75) is 30.8 Å². The van der Waals surface area contributed by atoms with Gasteiger partial charge in [-0.25, -0.2) is 9.18 Å². The van der Waals surface area contributed by atoms with Gasteiger partial charge >= 0.3 is 6.03 Å². The third-order valence-electron chi connectivity index (χ3n) is 5.10. The van der Waals surface area contributed by atoms with Crippen molar-refractivity contribution in [3.8, 4) is 0 Å². The van der Waals surface area contributed by atoms with Crippen LogP contribution in [0.1, 0.15) is 24.3 Å². The van der Waals surface area contributed by atoms with Crippen LogP contribution in [0.5, 0.6) is 0 Å². The summed E-state index contributed by atoms with van der Waals surface area (Å²) in [4.78, 5) is 20.6. The third-order valence-corrected chi connectivity index (χ3v) is 5.10. The van der Waals surface area contributed by atoms with Gasteiger partial charge in [0.05, 0.1) is 12.1 Å². The van der Waals surface area contributed by atoms with Gasteiger partial charge in [-0.1, -0.05) is 6.07 Å². The fraction of sp³-hybridized carbons (Fsp3) is 0.333. The quantitative estimate of drug-likeness (QED) is 0.852. The number of urea groups is 1. The van der Waals surface area contributed by atoms with Crippen molar-refractivity contribution in [1.29, 1.82) is 0 Å². The highest BCUT2D eigenvalue weighted by molar-refractivity contribution is 5.96. The molecule has 4 rings (SSSR count). The Labute approximate surface area is 134 Å². The molecule has 0 bridgehead atoms. The standard InChI is InChI=1S/C18H18FN3O/c1-21-16-9-8-15(12-3-2-10-20-11-12)17(16)22(18(21)23)14-6-4-13(19)5-7-14/h2-7,10-11,15-17H,8-9H2,1H3/t15-,16-,17+/m0/s1. The minimum absolute atomic E-state index is 0.0137. The van der Waals surface area contributed by atoms with Crippen molar-refractivity contribution in [3.05, 3.63) is 60.2 Å². The molecule has 2 fully saturated rings. The Balaban J connectivity index is 1.75. The number of carbonyl (C=O) groups is 1. The fourth-order valence-electron chi connectivity index (χ4n) is 4.02. The van der Waals surface area contributed by atoms with Gasteiger partial charge in [-0.05, 0) is 48.7 Å². The SMILES string of the molecule is CN1C(=O)N(c2ccc(F)cc2)[C@@H]2[C@H](c3cccnc3)CC[C@@H]21. The van der Waals surface area contributed by atoms with Gasteiger partial charge in [-0.15, -0.1) is 0 Å². The molecule has 1 aliphatic heterocycles. The molecule has 1 aliphatic carbocycles. The lowest BCUT2D eigenvalue weighted by Gasteiger charge is -2.28. The van der Waals surface area contributed by atoms with E-state index in [1.54, 1.807) is 18.3 Å². The Kier molecular flexibility index (Phi) is 3.29. The van der Waals surface area contributed by atoms with Gasteiger partial charge in [0.15, 0.2) is 0 Å². The first-order valence-electron chi connectivity index (χ1n) is 7.88. The van der Waals surface area contributed by atoms with Crippen molar-refractivity contribution in [1.82, 2.24) is 9.88 Å². The van der Waals surface area contributed by atoms with Crippen LogP contribution in [0.2, 0.25) is 0 Å². The summed E-state index contributed by atoms with van der Waals surface area (Å²) in [6.45, 7) is 0. The van der Waals surface area contributed by atoms with E-state index in [2.05, 4.69) is 11.1 Å². The number of nitrogens with zero attached hydrogens (tertiary/aromatic N) is 3. The van der Waals surface area contributed by atoms with Crippen LogP contribution in [-0.2, 0) is 0 Å². The zero-order valence-corrected chi connectivity index (χ0v) is 12.9. The van der Waals surface area contributed by atoms with Gasteiger partial charge in [0.25, 0.3) is 0 Å². The second-order valence-corrected chi connectivity index (χ2v) is 6.27. The van der Waals surface area contributed by atoms with E-state index in [1.165, 1.54) is 12.1 Å². The summed E-state index contributed by atoms with van der Waals surface area (Å²) in [6, 6.07) is 10.4. The zero-order valence-electron chi connectivity index (χ0n) is 12.9. The van der Waals surface area contributed by atoms with Gasteiger partial charge < -0.3 is 4.90 Å². The summed E-state index contributed by atoms with van der Waals surface area (Å²) >= 11 is 0. The highest BCUT2D eigenvalue weighted by atomic mass is 19.1. The van der Waals surface area contributed by atoms with Crippen LogP contribution in [0.25, 0.3) is 0 Å². The Bertz CT molecular complexity index is 719. The topological polar surface area (TPSA) is 36.4 Å². The molecule has 3 atom stereocenters. The molecule has 0 unspecified atom stereocenters. The lowest BCUT2D eigenvalue weighted by molar-refractivity contribution is 0.218. The Morgan fingerprint density at radius 2 is 1.96 bits per heavy atom. The lowest BCUT2D eigenvalue weighted by Crippen LogP contribution is -2.37. The van der Waals surface area contributed by atoms with E-state index in [4.69, 9.17) is 0 Å². The van der Waals surface area contributed by atoms with E-state index in [0.717, 1.165) is 24.1 Å². The number of hydrogen-bond donors (Lipinski definition) is 0. The highest BCUT2D eigenvalue weighted by Gasteiger charge is 2.52. The summed E-state index contributed by atoms with van der Waals surface area (Å²) < 4.78 is 13.2. The van der Waals surface area contributed by atoms with Crippen molar-refractivity contribution < 1.29 is 9.18 Å². The Hall–Kier alpha value is -2.43. The lowest BCUT2D eigenvalue weighted by atomic mass is 9.94. The molecule has 23 heavy (non-hydrogen) atoms. The van der Waals surface area contributed by atoms with Gasteiger partial charge in [-0.3, -0.25) is 9.88 Å². The first-order chi connectivity index (χ1) is 11.2. The minimum atomic E-state index is -0.291. The number of hydrogen-bond acceptors (Lipinski definition) is 2. The number of carbonyl (C=O) groups excluding carboxylic acids is 1. The molecule has 2 amide bonds. The smallest absolute Gasteiger partial charge is 0.322 e. The molecule has 2 aromatic rings. The van der Waals surface area contributed by atoms with Crippen LogP contribution in [0, 0.1) is 5.82 Å². The molecule has 1 aromatic heterocycles. The normalized spacial score (nSPS) is 26.7. The van der Waals surface area contributed by atoms with Crippen LogP contribution in [0.4, 0.5) is 14.9 Å². The number of anilines is 1. The molecule has 2 aliphatic rings. The zero-order chi connectivity index (χ0) is 16.0. The number of amides is 2. The van der Waals surface area contributed by atoms with E-state index in [0.29, 0.717) is 0 Å². The maximum Gasteiger partial charge on any atom is 0.324 e. The summed E-state index contributed by atoms with van der Waals surface area (Å²) in [6.07, 6.45) is 5.65. The minimum Gasteiger partial charge on any atom is -0.322 e. The maximum absolute atomic E-state index is 13.2. The number of likely N-dealkylation sites (N-methyl/N-ethyl adjacent to an activating group) is 1. The Morgan fingerprint density at radius 1 is 1.17 bits per heavy atom. The molecule has 1 saturated heterocycles. The van der Waals surface area contributed by atoms with Crippen LogP contribution >= 0.6 is 0 Å². The van der Waals surface area contributed by atoms with Crippen molar-refractivity contribution in [2.24, 2.45) is 0 Å². The summed E-state index contributed by atoms with van der Waals surface area (Å²) in [7, 11) is 1.86. The van der Waals surface area contributed by atoms with Crippen LogP contribution in [0.3, 0.4) is 0 Å². The van der Waals surface area contributed by atoms with Crippen LogP contribution < -0.4 is 4.90 Å². The number of rotatable bonds is 2. The fourth-order valence-corrected chi connectivity index (χ4v) is 4.02. The molecule has 1 saturated carbocycles. The van der Waals surface area contributed by atoms with E-state index in [9.17, 15) is 9.18 Å². The molecule has 1 aromatic carbocycles. The monoisotopic (exact) mass is 311 g/mol. The predicted molar refractivity (Wildman–Crippen MR) is 85.8 cm³/mol. The molecular weight excluding hydrogens is 293 g/mol. The molecule has 2 heterocycles. The van der Waals surface area contributed by atoms with E-state index in [-0.39, 0.29) is 29.8 Å². The number of fused-ring (bicyclic) bond motifs is 1. The number of halogens is 1. The first-order valence-corrected chi connectivity index (χ1v) is 7.88. The second kappa shape index (κ2) is 5.33. The molecule has 118 valence electrons. The first kappa shape index (κ1) is 14.2. The molecule has 4 nitrogen and oxygen atoms in total. The number of benzene rings is 1. The molecule has 0 radical (unpaired) electrons. The maximum atomic E-state index is 13.2. The largest absolute Gasteiger partial charge is 0.324 e. The van der Waals surface area contributed by atoms with Gasteiger partial charge in [0.1, 0.15) is 5.82 Å². The summed E-state index contributed by atoms with van der Waals surface area (Å²) in [5.74, 6) is -0.0341. The average molecular weight is 311 g/mol. The second-order valence-electron chi connectivity index (χ2n) is 6.27. The highest BCUT2D eigenvalue weighted by Crippen LogP contribution is 2.45. The summed E-state index contributed by atoms with van der Waals surface area (Å²) in [5, 5.41) is 0.